The second kappa shape index (κ2) is 9.38. The molecule has 1 N–H and O–H groups in total. The van der Waals surface area contributed by atoms with Crippen LogP contribution in [0.1, 0.15) is 33.1 Å². The van der Waals surface area contributed by atoms with E-state index in [0.717, 1.165) is 58.6 Å². The van der Waals surface area contributed by atoms with Gasteiger partial charge in [-0.3, -0.25) is 0 Å². The Bertz CT molecular complexity index is 239. The molecule has 1 saturated heterocycles. The van der Waals surface area contributed by atoms with E-state index in [1.807, 2.05) is 0 Å². The first-order chi connectivity index (χ1) is 8.72. The highest BCUT2D eigenvalue weighted by Crippen LogP contribution is 2.13. The van der Waals surface area contributed by atoms with Gasteiger partial charge in [-0.05, 0) is 25.3 Å². The van der Waals surface area contributed by atoms with Gasteiger partial charge >= 0.3 is 0 Å². The van der Waals surface area contributed by atoms with Crippen LogP contribution in [0, 0.1) is 18.3 Å². The molecule has 0 atom stereocenters. The van der Waals surface area contributed by atoms with Gasteiger partial charge in [0, 0.05) is 32.6 Å². The standard InChI is InChI=1S/C15H28N2O/c1-4-5-9-17-10-6-15(7-11-17)18-12-8-16-13-14(2)3/h1,14-16H,5-13H2,2-3H3. The van der Waals surface area contributed by atoms with Crippen LogP contribution in [-0.4, -0.2) is 50.3 Å². The largest absolute Gasteiger partial charge is 0.377 e. The third-order valence-electron chi connectivity index (χ3n) is 3.29. The summed E-state index contributed by atoms with van der Waals surface area (Å²) in [7, 11) is 0. The van der Waals surface area contributed by atoms with Crippen molar-refractivity contribution in [3.05, 3.63) is 0 Å². The van der Waals surface area contributed by atoms with Crippen LogP contribution in [-0.2, 0) is 4.74 Å². The molecule has 0 saturated carbocycles. The van der Waals surface area contributed by atoms with Crippen LogP contribution < -0.4 is 5.32 Å². The minimum Gasteiger partial charge on any atom is -0.377 e. The number of likely N-dealkylation sites (tertiary alicyclic amines) is 1. The van der Waals surface area contributed by atoms with Gasteiger partial charge in [0.2, 0.25) is 0 Å². The van der Waals surface area contributed by atoms with Crippen molar-refractivity contribution in [3.8, 4) is 12.3 Å². The Morgan fingerprint density at radius 2 is 2.11 bits per heavy atom. The maximum Gasteiger partial charge on any atom is 0.0600 e. The second-order valence-corrected chi connectivity index (χ2v) is 5.46. The van der Waals surface area contributed by atoms with Crippen LogP contribution in [0.15, 0.2) is 0 Å². The number of piperidine rings is 1. The normalized spacial score (nSPS) is 18.1. The van der Waals surface area contributed by atoms with E-state index in [-0.39, 0.29) is 0 Å². The molecule has 1 fully saturated rings. The van der Waals surface area contributed by atoms with Gasteiger partial charge in [0.1, 0.15) is 0 Å². The molecule has 104 valence electrons. The van der Waals surface area contributed by atoms with Gasteiger partial charge in [-0.1, -0.05) is 13.8 Å². The Labute approximate surface area is 112 Å². The lowest BCUT2D eigenvalue weighted by Crippen LogP contribution is -2.38. The predicted octanol–water partition coefficient (Wildman–Crippen LogP) is 1.74. The van der Waals surface area contributed by atoms with Crippen LogP contribution in [0.25, 0.3) is 0 Å². The monoisotopic (exact) mass is 252 g/mol. The summed E-state index contributed by atoms with van der Waals surface area (Å²) in [6.07, 6.45) is 8.89. The number of nitrogens with one attached hydrogen (secondary N) is 1. The first-order valence-corrected chi connectivity index (χ1v) is 7.20. The highest BCUT2D eigenvalue weighted by Gasteiger charge is 2.18. The molecule has 0 bridgehead atoms. The number of ether oxygens (including phenoxy) is 1. The first-order valence-electron chi connectivity index (χ1n) is 7.20. The van der Waals surface area contributed by atoms with Gasteiger partial charge in [0.25, 0.3) is 0 Å². The molecular formula is C15H28N2O. The Balaban J connectivity index is 1.97. The molecule has 0 aromatic carbocycles. The summed E-state index contributed by atoms with van der Waals surface area (Å²) in [6, 6.07) is 0. The molecule has 1 rings (SSSR count). The lowest BCUT2D eigenvalue weighted by molar-refractivity contribution is 0.00954. The lowest BCUT2D eigenvalue weighted by atomic mass is 10.1. The summed E-state index contributed by atoms with van der Waals surface area (Å²) in [6.45, 7) is 10.6. The SMILES string of the molecule is C#CCCN1CCC(OCCNCC(C)C)CC1. The van der Waals surface area contributed by atoms with Crippen molar-refractivity contribution < 1.29 is 4.74 Å². The number of hydrogen-bond donors (Lipinski definition) is 1. The third kappa shape index (κ3) is 7.00. The van der Waals surface area contributed by atoms with Crippen molar-refractivity contribution in [2.45, 2.75) is 39.2 Å². The number of nitrogens with zero attached hydrogens (tertiary/aromatic N) is 1. The number of terminal acetylenes is 1. The zero-order valence-electron chi connectivity index (χ0n) is 12.0. The van der Waals surface area contributed by atoms with Gasteiger partial charge in [-0.25, -0.2) is 0 Å². The summed E-state index contributed by atoms with van der Waals surface area (Å²) >= 11 is 0. The van der Waals surface area contributed by atoms with Gasteiger partial charge < -0.3 is 15.0 Å². The zero-order valence-corrected chi connectivity index (χ0v) is 12.0. The van der Waals surface area contributed by atoms with E-state index in [9.17, 15) is 0 Å². The quantitative estimate of drug-likeness (QED) is 0.526. The highest BCUT2D eigenvalue weighted by atomic mass is 16.5. The van der Waals surface area contributed by atoms with Gasteiger partial charge in [-0.2, -0.15) is 0 Å². The molecule has 0 aromatic heterocycles. The minimum atomic E-state index is 0.452. The van der Waals surface area contributed by atoms with Gasteiger partial charge in [0.05, 0.1) is 12.7 Å². The summed E-state index contributed by atoms with van der Waals surface area (Å²) in [5.41, 5.74) is 0. The van der Waals surface area contributed by atoms with Crippen LogP contribution >= 0.6 is 0 Å². The number of rotatable bonds is 8. The van der Waals surface area contributed by atoms with Crippen LogP contribution in [0.4, 0.5) is 0 Å². The van der Waals surface area contributed by atoms with Crippen LogP contribution in [0.5, 0.6) is 0 Å². The molecule has 3 heteroatoms. The molecule has 0 spiro atoms. The van der Waals surface area contributed by atoms with Crippen molar-refractivity contribution in [3.63, 3.8) is 0 Å². The minimum absolute atomic E-state index is 0.452. The maximum atomic E-state index is 5.89. The fourth-order valence-corrected chi connectivity index (χ4v) is 2.21. The van der Waals surface area contributed by atoms with E-state index < -0.39 is 0 Å². The van der Waals surface area contributed by atoms with E-state index in [4.69, 9.17) is 11.2 Å². The number of hydrogen-bond acceptors (Lipinski definition) is 3. The Morgan fingerprint density at radius 1 is 1.39 bits per heavy atom. The van der Waals surface area contributed by atoms with Crippen molar-refractivity contribution in [2.75, 3.05) is 39.3 Å². The molecule has 1 aliphatic rings. The molecule has 1 aliphatic heterocycles. The lowest BCUT2D eigenvalue weighted by Gasteiger charge is -2.31. The van der Waals surface area contributed by atoms with E-state index in [2.05, 4.69) is 30.0 Å². The molecule has 0 radical (unpaired) electrons. The fourth-order valence-electron chi connectivity index (χ4n) is 2.21. The molecule has 0 aliphatic carbocycles. The van der Waals surface area contributed by atoms with Gasteiger partial charge in [-0.15, -0.1) is 12.3 Å². The fraction of sp³-hybridized carbons (Fsp3) is 0.867. The summed E-state index contributed by atoms with van der Waals surface area (Å²) in [4.78, 5) is 2.44. The molecule has 18 heavy (non-hydrogen) atoms. The summed E-state index contributed by atoms with van der Waals surface area (Å²) in [5.74, 6) is 3.41. The van der Waals surface area contributed by atoms with E-state index in [1.54, 1.807) is 0 Å². The maximum absolute atomic E-state index is 5.89. The van der Waals surface area contributed by atoms with E-state index in [1.165, 1.54) is 0 Å². The molecule has 0 aromatic rings. The van der Waals surface area contributed by atoms with E-state index in [0.29, 0.717) is 12.0 Å². The molecule has 0 unspecified atom stereocenters. The van der Waals surface area contributed by atoms with Crippen LogP contribution in [0.2, 0.25) is 0 Å². The molecule has 0 amide bonds. The summed E-state index contributed by atoms with van der Waals surface area (Å²) < 4.78 is 5.89. The van der Waals surface area contributed by atoms with Crippen molar-refractivity contribution in [1.82, 2.24) is 10.2 Å². The zero-order chi connectivity index (χ0) is 13.2. The van der Waals surface area contributed by atoms with Gasteiger partial charge in [0.15, 0.2) is 0 Å². The molecule has 1 heterocycles. The van der Waals surface area contributed by atoms with Crippen molar-refractivity contribution in [2.24, 2.45) is 5.92 Å². The topological polar surface area (TPSA) is 24.5 Å². The second-order valence-electron chi connectivity index (χ2n) is 5.46. The van der Waals surface area contributed by atoms with Crippen LogP contribution in [0.3, 0.4) is 0 Å². The summed E-state index contributed by atoms with van der Waals surface area (Å²) in [5, 5.41) is 3.40. The smallest absolute Gasteiger partial charge is 0.0600 e. The predicted molar refractivity (Wildman–Crippen MR) is 76.6 cm³/mol. The van der Waals surface area contributed by atoms with E-state index >= 15 is 0 Å². The average molecular weight is 252 g/mol. The van der Waals surface area contributed by atoms with Crippen molar-refractivity contribution >= 4 is 0 Å². The van der Waals surface area contributed by atoms with Crippen molar-refractivity contribution in [1.29, 1.82) is 0 Å². The Hall–Kier alpha value is -0.560. The average Bonchev–Trinajstić information content (AvgIpc) is 2.37. The first kappa shape index (κ1) is 15.5. The Kier molecular flexibility index (Phi) is 8.08. The highest BCUT2D eigenvalue weighted by molar-refractivity contribution is 4.85. The Morgan fingerprint density at radius 3 is 2.72 bits per heavy atom. The third-order valence-corrected chi connectivity index (χ3v) is 3.29. The molecule has 3 nitrogen and oxygen atoms in total. The molecular weight excluding hydrogens is 224 g/mol.